The summed E-state index contributed by atoms with van der Waals surface area (Å²) in [6, 6.07) is 9.27. The topological polar surface area (TPSA) is 43.4 Å². The summed E-state index contributed by atoms with van der Waals surface area (Å²) in [5, 5.41) is 1.75. The monoisotopic (exact) mass is 304 g/mol. The predicted octanol–water partition coefficient (Wildman–Crippen LogP) is 3.76. The van der Waals surface area contributed by atoms with E-state index in [9.17, 15) is 14.0 Å². The van der Waals surface area contributed by atoms with E-state index < -0.39 is 17.9 Å². The van der Waals surface area contributed by atoms with Crippen LogP contribution in [-0.4, -0.2) is 11.8 Å². The first-order valence-corrected chi connectivity index (χ1v) is 7.57. The Labute approximate surface area is 125 Å². The van der Waals surface area contributed by atoms with Crippen molar-refractivity contribution >= 4 is 23.1 Å². The van der Waals surface area contributed by atoms with Gasteiger partial charge in [0.05, 0.1) is 0 Å². The Morgan fingerprint density at radius 2 is 1.95 bits per heavy atom. The first kappa shape index (κ1) is 13.9. The number of carbonyl (C=O) groups is 2. The van der Waals surface area contributed by atoms with Crippen molar-refractivity contribution in [2.75, 3.05) is 0 Å². The van der Waals surface area contributed by atoms with Crippen molar-refractivity contribution in [2.24, 2.45) is 5.92 Å². The molecule has 1 saturated carbocycles. The molecule has 21 heavy (non-hydrogen) atoms. The lowest BCUT2D eigenvalue weighted by Gasteiger charge is -2.17. The summed E-state index contributed by atoms with van der Waals surface area (Å²) in [6.45, 7) is 0. The Hall–Kier alpha value is -2.01. The number of ether oxygens (including phenoxy) is 1. The van der Waals surface area contributed by atoms with Crippen LogP contribution in [0, 0.1) is 11.7 Å². The number of carbonyl (C=O) groups excluding carboxylic acids is 2. The van der Waals surface area contributed by atoms with Gasteiger partial charge in [-0.25, -0.2) is 9.18 Å². The fourth-order valence-electron chi connectivity index (χ4n) is 2.10. The number of thiophene rings is 1. The highest BCUT2D eigenvalue weighted by Crippen LogP contribution is 2.37. The highest BCUT2D eigenvalue weighted by atomic mass is 32.1. The molecule has 3 nitrogen and oxygen atoms in total. The molecule has 0 N–H and O–H groups in total. The number of Topliss-reactive ketones (excluding diaryl/α,β-unsaturated/α-hetero) is 1. The molecule has 108 valence electrons. The summed E-state index contributed by atoms with van der Waals surface area (Å²) >= 11 is 1.23. The van der Waals surface area contributed by atoms with Gasteiger partial charge in [0.15, 0.2) is 11.9 Å². The van der Waals surface area contributed by atoms with Crippen LogP contribution in [0.15, 0.2) is 41.8 Å². The molecule has 0 spiro atoms. The van der Waals surface area contributed by atoms with Crippen molar-refractivity contribution in [1.82, 2.24) is 0 Å². The van der Waals surface area contributed by atoms with E-state index in [-0.39, 0.29) is 17.3 Å². The fraction of sp³-hybridized carbons (Fsp3) is 0.250. The lowest BCUT2D eigenvalue weighted by Crippen LogP contribution is -2.22. The Morgan fingerprint density at radius 3 is 2.57 bits per heavy atom. The SMILES string of the molecule is O=C(OC(C(=O)C1CC1)c1ccccc1F)c1cccs1. The van der Waals surface area contributed by atoms with Gasteiger partial charge in [0.2, 0.25) is 0 Å². The lowest BCUT2D eigenvalue weighted by atomic mass is 10.0. The van der Waals surface area contributed by atoms with Crippen molar-refractivity contribution < 1.29 is 18.7 Å². The second kappa shape index (κ2) is 5.77. The molecule has 1 aromatic heterocycles. The number of halogens is 1. The van der Waals surface area contributed by atoms with E-state index in [1.165, 1.54) is 23.5 Å². The maximum Gasteiger partial charge on any atom is 0.349 e. The fourth-order valence-corrected chi connectivity index (χ4v) is 2.71. The number of hydrogen-bond donors (Lipinski definition) is 0. The highest BCUT2D eigenvalue weighted by molar-refractivity contribution is 7.11. The molecule has 0 saturated heterocycles. The average Bonchev–Trinajstić information content (AvgIpc) is 3.19. The molecule has 1 aliphatic rings. The van der Waals surface area contributed by atoms with Crippen LogP contribution in [0.2, 0.25) is 0 Å². The van der Waals surface area contributed by atoms with Crippen LogP contribution in [0.4, 0.5) is 4.39 Å². The minimum Gasteiger partial charge on any atom is -0.445 e. The first-order chi connectivity index (χ1) is 10.2. The molecule has 5 heteroatoms. The number of benzene rings is 1. The second-order valence-corrected chi connectivity index (χ2v) is 5.91. The third-order valence-electron chi connectivity index (χ3n) is 3.37. The Morgan fingerprint density at radius 1 is 1.19 bits per heavy atom. The van der Waals surface area contributed by atoms with E-state index in [1.54, 1.807) is 29.6 Å². The van der Waals surface area contributed by atoms with Gasteiger partial charge < -0.3 is 4.74 Å². The zero-order valence-corrected chi connectivity index (χ0v) is 11.9. The first-order valence-electron chi connectivity index (χ1n) is 6.69. The number of hydrogen-bond acceptors (Lipinski definition) is 4. The summed E-state index contributed by atoms with van der Waals surface area (Å²) in [5.41, 5.74) is 0.124. The third-order valence-corrected chi connectivity index (χ3v) is 4.22. The maximum atomic E-state index is 13.9. The molecule has 1 fully saturated rings. The van der Waals surface area contributed by atoms with Crippen molar-refractivity contribution in [3.63, 3.8) is 0 Å². The molecule has 0 bridgehead atoms. The van der Waals surface area contributed by atoms with Crippen LogP contribution in [0.25, 0.3) is 0 Å². The van der Waals surface area contributed by atoms with Gasteiger partial charge in [-0.3, -0.25) is 4.79 Å². The van der Waals surface area contributed by atoms with Gasteiger partial charge in [-0.15, -0.1) is 11.3 Å². The van der Waals surface area contributed by atoms with Gasteiger partial charge in [-0.05, 0) is 30.4 Å². The minimum atomic E-state index is -1.16. The van der Waals surface area contributed by atoms with Crippen LogP contribution in [0.5, 0.6) is 0 Å². The lowest BCUT2D eigenvalue weighted by molar-refractivity contribution is -0.129. The minimum absolute atomic E-state index is 0.120. The van der Waals surface area contributed by atoms with Crippen LogP contribution < -0.4 is 0 Å². The molecule has 0 aliphatic heterocycles. The Bertz CT molecular complexity index is 662. The molecular formula is C16H13FO3S. The number of ketones is 1. The van der Waals surface area contributed by atoms with Crippen molar-refractivity contribution in [2.45, 2.75) is 18.9 Å². The predicted molar refractivity (Wildman–Crippen MR) is 76.6 cm³/mol. The van der Waals surface area contributed by atoms with E-state index >= 15 is 0 Å². The standard InChI is InChI=1S/C16H13FO3S/c17-12-5-2-1-4-11(12)15(14(18)10-7-8-10)20-16(19)13-6-3-9-21-13/h1-6,9-10,15H,7-8H2. The Kier molecular flexibility index (Phi) is 3.84. The second-order valence-electron chi connectivity index (χ2n) is 4.96. The molecular weight excluding hydrogens is 291 g/mol. The number of esters is 1. The van der Waals surface area contributed by atoms with Gasteiger partial charge in [-0.1, -0.05) is 24.3 Å². The van der Waals surface area contributed by atoms with Crippen LogP contribution in [0.1, 0.15) is 34.2 Å². The van der Waals surface area contributed by atoms with Gasteiger partial charge in [0, 0.05) is 11.5 Å². The van der Waals surface area contributed by atoms with E-state index in [2.05, 4.69) is 0 Å². The largest absolute Gasteiger partial charge is 0.445 e. The molecule has 1 atom stereocenters. The summed E-state index contributed by atoms with van der Waals surface area (Å²) in [4.78, 5) is 24.8. The van der Waals surface area contributed by atoms with Crippen molar-refractivity contribution in [1.29, 1.82) is 0 Å². The van der Waals surface area contributed by atoms with Crippen LogP contribution in [0.3, 0.4) is 0 Å². The molecule has 1 heterocycles. The summed E-state index contributed by atoms with van der Waals surface area (Å²) in [6.07, 6.45) is 0.397. The molecule has 0 radical (unpaired) electrons. The third kappa shape index (κ3) is 3.03. The van der Waals surface area contributed by atoms with Crippen molar-refractivity contribution in [3.8, 4) is 0 Å². The molecule has 1 unspecified atom stereocenters. The number of rotatable bonds is 5. The molecule has 1 aliphatic carbocycles. The van der Waals surface area contributed by atoms with Crippen LogP contribution in [-0.2, 0) is 9.53 Å². The molecule has 0 amide bonds. The van der Waals surface area contributed by atoms with Gasteiger partial charge >= 0.3 is 5.97 Å². The highest BCUT2D eigenvalue weighted by Gasteiger charge is 2.38. The van der Waals surface area contributed by atoms with Gasteiger partial charge in [-0.2, -0.15) is 0 Å². The van der Waals surface area contributed by atoms with E-state index in [0.717, 1.165) is 12.8 Å². The van der Waals surface area contributed by atoms with Gasteiger partial charge in [0.25, 0.3) is 0 Å². The van der Waals surface area contributed by atoms with Crippen LogP contribution >= 0.6 is 11.3 Å². The zero-order chi connectivity index (χ0) is 14.8. The van der Waals surface area contributed by atoms with E-state index in [1.807, 2.05) is 0 Å². The summed E-state index contributed by atoms with van der Waals surface area (Å²) in [7, 11) is 0. The van der Waals surface area contributed by atoms with E-state index in [4.69, 9.17) is 4.74 Å². The smallest absolute Gasteiger partial charge is 0.349 e. The van der Waals surface area contributed by atoms with E-state index in [0.29, 0.717) is 4.88 Å². The zero-order valence-electron chi connectivity index (χ0n) is 11.1. The maximum absolute atomic E-state index is 13.9. The average molecular weight is 304 g/mol. The molecule has 3 rings (SSSR count). The van der Waals surface area contributed by atoms with Crippen molar-refractivity contribution in [3.05, 3.63) is 58.0 Å². The van der Waals surface area contributed by atoms with Gasteiger partial charge in [0.1, 0.15) is 10.7 Å². The normalized spacial score (nSPS) is 15.5. The summed E-state index contributed by atoms with van der Waals surface area (Å²) in [5.74, 6) is -1.46. The molecule has 2 aromatic rings. The Balaban J connectivity index is 1.88. The summed E-state index contributed by atoms with van der Waals surface area (Å²) < 4.78 is 19.2. The quantitative estimate of drug-likeness (QED) is 0.790. The molecule has 1 aromatic carbocycles.